The zero-order chi connectivity index (χ0) is 30.2. The van der Waals surface area contributed by atoms with Crippen LogP contribution in [0.5, 0.6) is 11.5 Å². The van der Waals surface area contributed by atoms with Gasteiger partial charge in [-0.3, -0.25) is 13.9 Å². The molecule has 0 bridgehead atoms. The molecule has 0 heterocycles. The predicted octanol–water partition coefficient (Wildman–Crippen LogP) is 4.99. The lowest BCUT2D eigenvalue weighted by Gasteiger charge is -2.32. The third-order valence-corrected chi connectivity index (χ3v) is 8.96. The number of ether oxygens (including phenoxy) is 2. The molecule has 0 saturated heterocycles. The minimum Gasteiger partial charge on any atom is -0.497 e. The molecule has 0 aliphatic carbocycles. The number of nitrogens with zero attached hydrogens (tertiary/aromatic N) is 2. The average molecular weight is 647 g/mol. The summed E-state index contributed by atoms with van der Waals surface area (Å²) in [6.45, 7) is 5.00. The molecule has 220 valence electrons. The van der Waals surface area contributed by atoms with Crippen LogP contribution < -0.4 is 19.1 Å². The Morgan fingerprint density at radius 3 is 2.24 bits per heavy atom. The van der Waals surface area contributed by atoms with Gasteiger partial charge in [0.15, 0.2) is 0 Å². The van der Waals surface area contributed by atoms with Crippen molar-refractivity contribution in [1.29, 1.82) is 0 Å². The van der Waals surface area contributed by atoms with Crippen LogP contribution in [0.2, 0.25) is 0 Å². The van der Waals surface area contributed by atoms with Crippen LogP contribution in [0.3, 0.4) is 0 Å². The molecule has 0 fully saturated rings. The molecule has 0 saturated carbocycles. The van der Waals surface area contributed by atoms with Crippen LogP contribution in [-0.4, -0.2) is 58.0 Å². The summed E-state index contributed by atoms with van der Waals surface area (Å²) in [6.07, 6.45) is 0.722. The molecule has 9 nitrogen and oxygen atoms in total. The Morgan fingerprint density at radius 1 is 0.951 bits per heavy atom. The molecule has 41 heavy (non-hydrogen) atoms. The van der Waals surface area contributed by atoms with Crippen molar-refractivity contribution >= 4 is 43.5 Å². The summed E-state index contributed by atoms with van der Waals surface area (Å²) in [5, 5.41) is 2.93. The molecule has 3 aromatic rings. The number of para-hydroxylation sites is 2. The van der Waals surface area contributed by atoms with Gasteiger partial charge in [-0.25, -0.2) is 8.42 Å². The van der Waals surface area contributed by atoms with E-state index in [0.29, 0.717) is 5.75 Å². The minimum absolute atomic E-state index is 0.0295. The Hall–Kier alpha value is -3.57. The second-order valence-corrected chi connectivity index (χ2v) is 12.3. The van der Waals surface area contributed by atoms with Crippen molar-refractivity contribution in [2.45, 2.75) is 50.7 Å². The van der Waals surface area contributed by atoms with E-state index in [9.17, 15) is 18.0 Å². The first-order chi connectivity index (χ1) is 19.5. The van der Waals surface area contributed by atoms with Gasteiger partial charge in [0.1, 0.15) is 24.1 Å². The first-order valence-corrected chi connectivity index (χ1v) is 15.4. The molecule has 2 atom stereocenters. The molecule has 11 heteroatoms. The summed E-state index contributed by atoms with van der Waals surface area (Å²) in [4.78, 5) is 28.6. The van der Waals surface area contributed by atoms with Crippen molar-refractivity contribution in [1.82, 2.24) is 10.2 Å². The molecular weight excluding hydrogens is 610 g/mol. The molecule has 1 N–H and O–H groups in total. The van der Waals surface area contributed by atoms with Crippen molar-refractivity contribution in [3.63, 3.8) is 0 Å². The molecular formula is C30H36BrN3O6S. The number of rotatable bonds is 13. The number of hydrogen-bond donors (Lipinski definition) is 1. The van der Waals surface area contributed by atoms with Crippen molar-refractivity contribution in [2.24, 2.45) is 0 Å². The average Bonchev–Trinajstić information content (AvgIpc) is 2.98. The van der Waals surface area contributed by atoms with Crippen molar-refractivity contribution in [3.8, 4) is 11.5 Å². The van der Waals surface area contributed by atoms with Gasteiger partial charge in [-0.15, -0.1) is 0 Å². The molecule has 0 spiro atoms. The Balaban J connectivity index is 2.07. The van der Waals surface area contributed by atoms with Gasteiger partial charge in [0.2, 0.25) is 11.8 Å². The number of methoxy groups -OCH3 is 2. The van der Waals surface area contributed by atoms with Crippen LogP contribution in [0.15, 0.2) is 82.2 Å². The number of anilines is 1. The normalized spacial score (nSPS) is 12.6. The summed E-state index contributed by atoms with van der Waals surface area (Å²) < 4.78 is 40.5. The summed E-state index contributed by atoms with van der Waals surface area (Å²) in [5.41, 5.74) is 0.969. The highest BCUT2D eigenvalue weighted by atomic mass is 79.9. The maximum atomic E-state index is 14.1. The van der Waals surface area contributed by atoms with Gasteiger partial charge in [0.05, 0.1) is 24.8 Å². The summed E-state index contributed by atoms with van der Waals surface area (Å²) in [6, 6.07) is 18.9. The Labute approximate surface area is 250 Å². The largest absolute Gasteiger partial charge is 0.497 e. The third-order valence-electron chi connectivity index (χ3n) is 6.69. The number of halogens is 1. The number of carbonyl (C=O) groups is 2. The molecule has 2 amide bonds. The van der Waals surface area contributed by atoms with E-state index < -0.39 is 28.5 Å². The topological polar surface area (TPSA) is 105 Å². The van der Waals surface area contributed by atoms with Gasteiger partial charge in [-0.05, 0) is 74.4 Å². The van der Waals surface area contributed by atoms with Gasteiger partial charge in [-0.1, -0.05) is 47.1 Å². The van der Waals surface area contributed by atoms with Crippen LogP contribution >= 0.6 is 15.9 Å². The summed E-state index contributed by atoms with van der Waals surface area (Å²) >= 11 is 3.45. The van der Waals surface area contributed by atoms with E-state index in [0.717, 1.165) is 20.8 Å². The van der Waals surface area contributed by atoms with Crippen molar-refractivity contribution in [2.75, 3.05) is 25.1 Å². The molecule has 0 radical (unpaired) electrons. The van der Waals surface area contributed by atoms with Crippen LogP contribution in [0.4, 0.5) is 5.69 Å². The van der Waals surface area contributed by atoms with Crippen LogP contribution in [0.1, 0.15) is 32.8 Å². The highest BCUT2D eigenvalue weighted by Crippen LogP contribution is 2.33. The first-order valence-electron chi connectivity index (χ1n) is 13.2. The number of hydrogen-bond acceptors (Lipinski definition) is 6. The fourth-order valence-electron chi connectivity index (χ4n) is 4.10. The highest BCUT2D eigenvalue weighted by Gasteiger charge is 2.34. The van der Waals surface area contributed by atoms with Crippen LogP contribution in [0, 0.1) is 0 Å². The number of carbonyl (C=O) groups excluding carboxylic acids is 2. The van der Waals surface area contributed by atoms with E-state index in [2.05, 4.69) is 21.2 Å². The minimum atomic E-state index is -4.25. The maximum Gasteiger partial charge on any atom is 0.264 e. The van der Waals surface area contributed by atoms with Crippen molar-refractivity contribution < 1.29 is 27.5 Å². The second-order valence-electron chi connectivity index (χ2n) is 9.50. The molecule has 0 aromatic heterocycles. The molecule has 3 rings (SSSR count). The van der Waals surface area contributed by atoms with Gasteiger partial charge in [0, 0.05) is 17.1 Å². The van der Waals surface area contributed by atoms with Gasteiger partial charge in [0.25, 0.3) is 10.0 Å². The molecule has 0 aliphatic heterocycles. The number of amides is 2. The van der Waals surface area contributed by atoms with Gasteiger partial charge < -0.3 is 19.7 Å². The van der Waals surface area contributed by atoms with E-state index >= 15 is 0 Å². The van der Waals surface area contributed by atoms with Crippen LogP contribution in [0.25, 0.3) is 0 Å². The smallest absolute Gasteiger partial charge is 0.264 e. The van der Waals surface area contributed by atoms with E-state index in [1.807, 2.05) is 38.1 Å². The standard InChI is InChI=1S/C30H36BrN3O6S/c1-6-21(2)32-30(36)22(3)33(19-23-10-9-11-24(31)18-23)29(35)20-34(27-12-7-8-13-28(27)40-5)41(37,38)26-16-14-25(39-4)15-17-26/h7-18,21-22H,6,19-20H2,1-5H3,(H,32,36)/t21-,22+/m1/s1. The monoisotopic (exact) mass is 645 g/mol. The fraction of sp³-hybridized carbons (Fsp3) is 0.333. The van der Waals surface area contributed by atoms with Gasteiger partial charge in [-0.2, -0.15) is 0 Å². The first kappa shape index (κ1) is 32.0. The van der Waals surface area contributed by atoms with E-state index in [1.165, 1.54) is 43.4 Å². The Kier molecular flexibility index (Phi) is 11.2. The van der Waals surface area contributed by atoms with Crippen LogP contribution in [-0.2, 0) is 26.2 Å². The highest BCUT2D eigenvalue weighted by molar-refractivity contribution is 9.10. The maximum absolute atomic E-state index is 14.1. The van der Waals surface area contributed by atoms with Gasteiger partial charge >= 0.3 is 0 Å². The second kappa shape index (κ2) is 14.4. The van der Waals surface area contributed by atoms with E-state index in [4.69, 9.17) is 9.47 Å². The quantitative estimate of drug-likeness (QED) is 0.281. The Morgan fingerprint density at radius 2 is 1.63 bits per heavy atom. The van der Waals surface area contributed by atoms with Crippen molar-refractivity contribution in [3.05, 3.63) is 82.8 Å². The molecule has 3 aromatic carbocycles. The zero-order valence-corrected chi connectivity index (χ0v) is 26.2. The summed E-state index contributed by atoms with van der Waals surface area (Å²) in [7, 11) is -1.33. The SMILES string of the molecule is CC[C@@H](C)NC(=O)[C@H](C)N(Cc1cccc(Br)c1)C(=O)CN(c1ccccc1OC)S(=O)(=O)c1ccc(OC)cc1. The lowest BCUT2D eigenvalue weighted by atomic mass is 10.1. The van der Waals surface area contributed by atoms with E-state index in [1.54, 1.807) is 31.2 Å². The predicted molar refractivity (Wildman–Crippen MR) is 163 cm³/mol. The fourth-order valence-corrected chi connectivity index (χ4v) is 5.98. The summed E-state index contributed by atoms with van der Waals surface area (Å²) in [5.74, 6) is -0.118. The number of nitrogens with one attached hydrogen (secondary N) is 1. The molecule has 0 unspecified atom stereocenters. The van der Waals surface area contributed by atoms with E-state index in [-0.39, 0.29) is 34.8 Å². The number of sulfonamides is 1. The lowest BCUT2D eigenvalue weighted by molar-refractivity contribution is -0.139. The lowest BCUT2D eigenvalue weighted by Crippen LogP contribution is -2.52. The third kappa shape index (κ3) is 8.01. The molecule has 0 aliphatic rings. The Bertz CT molecular complexity index is 1450. The number of benzene rings is 3. The zero-order valence-electron chi connectivity index (χ0n) is 23.8.